The fourth-order valence-electron chi connectivity index (χ4n) is 4.60. The Morgan fingerprint density at radius 3 is 1.58 bits per heavy atom. The lowest BCUT2D eigenvalue weighted by Crippen LogP contribution is -2.36. The Hall–Kier alpha value is -1.94. The average Bonchev–Trinajstić information content (AvgIpc) is 2.92. The van der Waals surface area contributed by atoms with E-state index in [9.17, 15) is 5.11 Å². The molecule has 0 saturated carbocycles. The van der Waals surface area contributed by atoms with Gasteiger partial charge in [0.1, 0.15) is 12.2 Å². The molecule has 0 amide bonds. The van der Waals surface area contributed by atoms with Gasteiger partial charge in [0, 0.05) is 0 Å². The smallest absolute Gasteiger partial charge is 0.111 e. The molecule has 0 saturated heterocycles. The van der Waals surface area contributed by atoms with E-state index in [1.165, 1.54) is 70.6 Å². The highest BCUT2D eigenvalue weighted by molar-refractivity contribution is 5.15. The molecule has 2 rings (SSSR count). The molecule has 2 aromatic rings. The molecular formula is C33H50O3. The van der Waals surface area contributed by atoms with Crippen molar-refractivity contribution in [2.24, 2.45) is 0 Å². The summed E-state index contributed by atoms with van der Waals surface area (Å²) in [7, 11) is 0. The first-order valence-corrected chi connectivity index (χ1v) is 14.3. The van der Waals surface area contributed by atoms with Crippen molar-refractivity contribution in [2.45, 2.75) is 116 Å². The van der Waals surface area contributed by atoms with Crippen LogP contribution in [0.15, 0.2) is 72.8 Å². The molecule has 0 heterocycles. The quantitative estimate of drug-likeness (QED) is 0.131. The molecule has 0 aromatic heterocycles. The summed E-state index contributed by atoms with van der Waals surface area (Å²) in [6, 6.07) is 20.2. The van der Waals surface area contributed by atoms with Crippen LogP contribution in [-0.2, 0) is 22.7 Å². The second-order valence-electron chi connectivity index (χ2n) is 10.0. The van der Waals surface area contributed by atoms with Crippen molar-refractivity contribution in [2.75, 3.05) is 6.61 Å². The summed E-state index contributed by atoms with van der Waals surface area (Å²) >= 11 is 0. The lowest BCUT2D eigenvalue weighted by molar-refractivity contribution is -0.0898. The van der Waals surface area contributed by atoms with Gasteiger partial charge in [0.2, 0.25) is 0 Å². The molecule has 3 nitrogen and oxygen atoms in total. The minimum Gasteiger partial charge on any atom is -0.394 e. The van der Waals surface area contributed by atoms with Crippen LogP contribution >= 0.6 is 0 Å². The van der Waals surface area contributed by atoms with Crippen LogP contribution in [0.25, 0.3) is 0 Å². The third-order valence-electron chi connectivity index (χ3n) is 6.85. The number of rotatable bonds is 22. The summed E-state index contributed by atoms with van der Waals surface area (Å²) < 4.78 is 12.4. The van der Waals surface area contributed by atoms with Gasteiger partial charge < -0.3 is 14.6 Å². The first kappa shape index (κ1) is 30.3. The lowest BCUT2D eigenvalue weighted by Gasteiger charge is -2.28. The molecule has 0 fully saturated rings. The summed E-state index contributed by atoms with van der Waals surface area (Å²) in [5.41, 5.74) is 3.22. The van der Waals surface area contributed by atoms with E-state index in [0.717, 1.165) is 29.5 Å². The van der Waals surface area contributed by atoms with E-state index in [2.05, 4.69) is 25.6 Å². The van der Waals surface area contributed by atoms with E-state index >= 15 is 0 Å². The largest absolute Gasteiger partial charge is 0.394 e. The third-order valence-corrected chi connectivity index (χ3v) is 6.85. The van der Waals surface area contributed by atoms with Crippen LogP contribution in [-0.4, -0.2) is 23.9 Å². The third kappa shape index (κ3) is 13.4. The standard InChI is InChI=1S/C33H50O3/c1-3-4-5-6-7-8-9-10-11-12-13-16-21-29(2)33(36-28-31-24-19-15-20-25-31)32(26-34)35-27-30-22-17-14-18-23-30/h14-15,17-20,22-25,32-34H,2-13,16,21,26-28H2,1H3/t32-,33-/m1/s1. The van der Waals surface area contributed by atoms with Gasteiger partial charge in [0.05, 0.1) is 19.8 Å². The maximum absolute atomic E-state index is 10.1. The minimum absolute atomic E-state index is 0.0935. The van der Waals surface area contributed by atoms with Crippen molar-refractivity contribution in [3.8, 4) is 0 Å². The van der Waals surface area contributed by atoms with Gasteiger partial charge in [0.15, 0.2) is 0 Å². The number of aliphatic hydroxyl groups excluding tert-OH is 1. The zero-order valence-electron chi connectivity index (χ0n) is 22.7. The van der Waals surface area contributed by atoms with Crippen molar-refractivity contribution < 1.29 is 14.6 Å². The van der Waals surface area contributed by atoms with E-state index in [1.807, 2.05) is 48.5 Å². The van der Waals surface area contributed by atoms with Crippen molar-refractivity contribution in [3.05, 3.63) is 83.9 Å². The van der Waals surface area contributed by atoms with Crippen LogP contribution in [0.1, 0.15) is 102 Å². The Morgan fingerprint density at radius 2 is 1.11 bits per heavy atom. The van der Waals surface area contributed by atoms with E-state index in [1.54, 1.807) is 0 Å². The average molecular weight is 495 g/mol. The zero-order chi connectivity index (χ0) is 25.7. The van der Waals surface area contributed by atoms with E-state index < -0.39 is 6.10 Å². The summed E-state index contributed by atoms with van der Waals surface area (Å²) in [5.74, 6) is 0. The maximum Gasteiger partial charge on any atom is 0.111 e. The molecular weight excluding hydrogens is 444 g/mol. The Kier molecular flexibility index (Phi) is 17.0. The Morgan fingerprint density at radius 1 is 0.667 bits per heavy atom. The van der Waals surface area contributed by atoms with Gasteiger partial charge in [0.25, 0.3) is 0 Å². The highest BCUT2D eigenvalue weighted by Crippen LogP contribution is 2.22. The molecule has 0 aliphatic rings. The van der Waals surface area contributed by atoms with Crippen molar-refractivity contribution >= 4 is 0 Å². The number of benzene rings is 2. The van der Waals surface area contributed by atoms with Crippen LogP contribution in [0.3, 0.4) is 0 Å². The van der Waals surface area contributed by atoms with Gasteiger partial charge in [-0.05, 0) is 29.5 Å². The number of hydrogen-bond donors (Lipinski definition) is 1. The van der Waals surface area contributed by atoms with E-state index in [-0.39, 0.29) is 12.7 Å². The number of hydrogen-bond acceptors (Lipinski definition) is 3. The molecule has 2 aromatic carbocycles. The molecule has 1 N–H and O–H groups in total. The molecule has 0 aliphatic heterocycles. The van der Waals surface area contributed by atoms with Gasteiger partial charge >= 0.3 is 0 Å². The van der Waals surface area contributed by atoms with Crippen LogP contribution in [0.4, 0.5) is 0 Å². The topological polar surface area (TPSA) is 38.7 Å². The maximum atomic E-state index is 10.1. The van der Waals surface area contributed by atoms with Crippen LogP contribution in [0.2, 0.25) is 0 Å². The molecule has 200 valence electrons. The molecule has 3 heteroatoms. The highest BCUT2D eigenvalue weighted by Gasteiger charge is 2.25. The Bertz CT molecular complexity index is 774. The molecule has 0 radical (unpaired) electrons. The number of unbranched alkanes of at least 4 members (excludes halogenated alkanes) is 11. The molecule has 0 bridgehead atoms. The monoisotopic (exact) mass is 494 g/mol. The molecule has 2 atom stereocenters. The fourth-order valence-corrected chi connectivity index (χ4v) is 4.60. The summed E-state index contributed by atoms with van der Waals surface area (Å²) in [4.78, 5) is 0. The molecule has 36 heavy (non-hydrogen) atoms. The fraction of sp³-hybridized carbons (Fsp3) is 0.576. The van der Waals surface area contributed by atoms with Crippen molar-refractivity contribution in [1.29, 1.82) is 0 Å². The summed E-state index contributed by atoms with van der Waals surface area (Å²) in [5, 5.41) is 10.1. The molecule has 0 aliphatic carbocycles. The first-order valence-electron chi connectivity index (χ1n) is 14.3. The predicted molar refractivity (Wildman–Crippen MR) is 152 cm³/mol. The molecule has 0 unspecified atom stereocenters. The second kappa shape index (κ2) is 20.2. The molecule has 0 spiro atoms. The first-order chi connectivity index (χ1) is 17.7. The Balaban J connectivity index is 1.73. The normalized spacial score (nSPS) is 12.9. The second-order valence-corrected chi connectivity index (χ2v) is 10.0. The summed E-state index contributed by atoms with van der Waals surface area (Å²) in [6.45, 7) is 7.47. The van der Waals surface area contributed by atoms with Crippen LogP contribution < -0.4 is 0 Å². The van der Waals surface area contributed by atoms with Gasteiger partial charge in [-0.1, -0.05) is 145 Å². The zero-order valence-corrected chi connectivity index (χ0v) is 22.7. The van der Waals surface area contributed by atoms with Gasteiger partial charge in [-0.3, -0.25) is 0 Å². The van der Waals surface area contributed by atoms with Gasteiger partial charge in [-0.25, -0.2) is 0 Å². The SMILES string of the molecule is C=C(CCCCCCCCCCCCCC)[C@@H](OCc1ccccc1)[C@@H](CO)OCc1ccccc1. The van der Waals surface area contributed by atoms with Crippen molar-refractivity contribution in [1.82, 2.24) is 0 Å². The van der Waals surface area contributed by atoms with Gasteiger partial charge in [-0.2, -0.15) is 0 Å². The number of ether oxygens (including phenoxy) is 2. The van der Waals surface area contributed by atoms with Gasteiger partial charge in [-0.15, -0.1) is 0 Å². The van der Waals surface area contributed by atoms with Crippen molar-refractivity contribution in [3.63, 3.8) is 0 Å². The lowest BCUT2D eigenvalue weighted by atomic mass is 9.98. The van der Waals surface area contributed by atoms with E-state index in [0.29, 0.717) is 13.2 Å². The Labute approximate surface area is 220 Å². The van der Waals surface area contributed by atoms with Crippen LogP contribution in [0.5, 0.6) is 0 Å². The highest BCUT2D eigenvalue weighted by atomic mass is 16.5. The van der Waals surface area contributed by atoms with E-state index in [4.69, 9.17) is 9.47 Å². The van der Waals surface area contributed by atoms with Crippen LogP contribution in [0, 0.1) is 0 Å². The summed E-state index contributed by atoms with van der Waals surface area (Å²) in [6.07, 6.45) is 16.2. The minimum atomic E-state index is -0.432. The number of aliphatic hydroxyl groups is 1. The predicted octanol–water partition coefficient (Wildman–Crippen LogP) is 8.80.